The van der Waals surface area contributed by atoms with E-state index in [9.17, 15) is 0 Å². The fraction of sp³-hybridized carbons (Fsp3) is 0.111. The Kier molecular flexibility index (Phi) is 2.48. The molecular weight excluding hydrogens is 155 g/mol. The standard InChI is InChI=1S/C9H8B3N/c10-12-6-11-8-1-2-9-7(5-8)3-4-13-9/h1-5,13H,6H2. The van der Waals surface area contributed by atoms with E-state index in [2.05, 4.69) is 36.5 Å². The van der Waals surface area contributed by atoms with E-state index in [1.807, 2.05) is 6.20 Å². The second-order valence-electron chi connectivity index (χ2n) is 3.00. The first-order valence-electron chi connectivity index (χ1n) is 4.34. The Bertz CT molecular complexity index is 396. The fourth-order valence-electron chi connectivity index (χ4n) is 1.40. The SMILES string of the molecule is [B][B]C[B]c1ccc2[nH]ccc2c1. The summed E-state index contributed by atoms with van der Waals surface area (Å²) in [6, 6.07) is 8.38. The van der Waals surface area contributed by atoms with Gasteiger partial charge >= 0.3 is 0 Å². The molecule has 0 aliphatic heterocycles. The molecule has 1 N–H and O–H groups in total. The smallest absolute Gasteiger partial charge is 0.142 e. The predicted molar refractivity (Wildman–Crippen MR) is 60.0 cm³/mol. The molecule has 58 valence electrons. The summed E-state index contributed by atoms with van der Waals surface area (Å²) in [7, 11) is 9.06. The molecule has 0 amide bonds. The van der Waals surface area contributed by atoms with E-state index in [0.717, 1.165) is 6.22 Å². The van der Waals surface area contributed by atoms with Crippen molar-refractivity contribution < 1.29 is 0 Å². The molecular formula is C9H8B3N. The van der Waals surface area contributed by atoms with Crippen LogP contribution in [0.15, 0.2) is 30.5 Å². The molecule has 1 nitrogen and oxygen atoms in total. The molecule has 0 saturated carbocycles. The van der Waals surface area contributed by atoms with Crippen LogP contribution in [-0.4, -0.2) is 27.2 Å². The first-order chi connectivity index (χ1) is 6.40. The number of aromatic nitrogens is 1. The maximum atomic E-state index is 5.31. The van der Waals surface area contributed by atoms with Crippen molar-refractivity contribution in [2.24, 2.45) is 0 Å². The van der Waals surface area contributed by atoms with Crippen molar-refractivity contribution in [2.45, 2.75) is 6.22 Å². The van der Waals surface area contributed by atoms with Crippen molar-refractivity contribution in [3.63, 3.8) is 0 Å². The Morgan fingerprint density at radius 1 is 1.31 bits per heavy atom. The lowest BCUT2D eigenvalue weighted by Gasteiger charge is -1.97. The van der Waals surface area contributed by atoms with Crippen molar-refractivity contribution in [3.05, 3.63) is 30.5 Å². The average Bonchev–Trinajstić information content (AvgIpc) is 2.61. The molecule has 4 radical (unpaired) electrons. The zero-order chi connectivity index (χ0) is 9.10. The van der Waals surface area contributed by atoms with Gasteiger partial charge in [-0.05, 0) is 17.5 Å². The summed E-state index contributed by atoms with van der Waals surface area (Å²) >= 11 is 0. The highest BCUT2D eigenvalue weighted by atomic mass is 14.7. The van der Waals surface area contributed by atoms with E-state index < -0.39 is 0 Å². The summed E-state index contributed by atoms with van der Waals surface area (Å²) in [4.78, 5) is 3.16. The third-order valence-electron chi connectivity index (χ3n) is 2.07. The van der Waals surface area contributed by atoms with Gasteiger partial charge in [0.05, 0.1) is 0 Å². The van der Waals surface area contributed by atoms with Crippen molar-refractivity contribution in [1.82, 2.24) is 4.98 Å². The molecule has 0 spiro atoms. The molecule has 0 aliphatic carbocycles. The third kappa shape index (κ3) is 1.82. The first-order valence-corrected chi connectivity index (χ1v) is 4.34. The van der Waals surface area contributed by atoms with Gasteiger partial charge in [-0.25, -0.2) is 0 Å². The molecule has 0 unspecified atom stereocenters. The number of nitrogens with one attached hydrogen (secondary N) is 1. The summed E-state index contributed by atoms with van der Waals surface area (Å²) in [6.07, 6.45) is 2.76. The second-order valence-corrected chi connectivity index (χ2v) is 3.00. The van der Waals surface area contributed by atoms with Crippen LogP contribution in [0, 0.1) is 0 Å². The minimum absolute atomic E-state index is 0.815. The van der Waals surface area contributed by atoms with Gasteiger partial charge in [0.15, 0.2) is 0 Å². The van der Waals surface area contributed by atoms with Gasteiger partial charge in [0, 0.05) is 26.6 Å². The van der Waals surface area contributed by atoms with Gasteiger partial charge in [-0.1, -0.05) is 17.6 Å². The van der Waals surface area contributed by atoms with Crippen LogP contribution in [0.4, 0.5) is 0 Å². The Hall–Kier alpha value is -1.05. The molecule has 0 aliphatic rings. The van der Waals surface area contributed by atoms with Crippen molar-refractivity contribution in [3.8, 4) is 0 Å². The van der Waals surface area contributed by atoms with Gasteiger partial charge < -0.3 is 4.98 Å². The second kappa shape index (κ2) is 3.78. The minimum Gasteiger partial charge on any atom is -0.361 e. The molecule has 0 bridgehead atoms. The molecule has 2 rings (SSSR count). The molecule has 13 heavy (non-hydrogen) atoms. The molecule has 1 aromatic carbocycles. The van der Waals surface area contributed by atoms with Gasteiger partial charge in [-0.3, -0.25) is 0 Å². The van der Waals surface area contributed by atoms with Gasteiger partial charge in [0.2, 0.25) is 0 Å². The van der Waals surface area contributed by atoms with Gasteiger partial charge in [0.1, 0.15) is 7.28 Å². The van der Waals surface area contributed by atoms with Crippen LogP contribution in [0.1, 0.15) is 0 Å². The maximum Gasteiger partial charge on any atom is 0.142 e. The fourth-order valence-corrected chi connectivity index (χ4v) is 1.40. The van der Waals surface area contributed by atoms with E-state index in [4.69, 9.17) is 7.74 Å². The number of hydrogen-bond donors (Lipinski definition) is 1. The molecule has 1 aromatic heterocycles. The van der Waals surface area contributed by atoms with E-state index in [1.165, 1.54) is 16.4 Å². The minimum atomic E-state index is 0.815. The molecule has 0 atom stereocenters. The van der Waals surface area contributed by atoms with Crippen molar-refractivity contribution >= 4 is 38.6 Å². The number of benzene rings is 1. The molecule has 0 saturated heterocycles. The van der Waals surface area contributed by atoms with Gasteiger partial charge in [-0.15, -0.1) is 6.22 Å². The lowest BCUT2D eigenvalue weighted by Crippen LogP contribution is -2.15. The molecule has 1 heterocycles. The van der Waals surface area contributed by atoms with Gasteiger partial charge in [-0.2, -0.15) is 0 Å². The summed E-state index contributed by atoms with van der Waals surface area (Å²) in [5.74, 6) is 0. The topological polar surface area (TPSA) is 15.8 Å². The third-order valence-corrected chi connectivity index (χ3v) is 2.07. The zero-order valence-corrected chi connectivity index (χ0v) is 7.33. The normalized spacial score (nSPS) is 10.2. The highest BCUT2D eigenvalue weighted by molar-refractivity contribution is 6.94. The highest BCUT2D eigenvalue weighted by Crippen LogP contribution is 2.08. The monoisotopic (exact) mass is 163 g/mol. The van der Waals surface area contributed by atoms with E-state index >= 15 is 0 Å². The lowest BCUT2D eigenvalue weighted by atomic mass is 9.42. The van der Waals surface area contributed by atoms with Crippen LogP contribution in [0.5, 0.6) is 0 Å². The van der Waals surface area contributed by atoms with Crippen molar-refractivity contribution in [1.29, 1.82) is 0 Å². The Labute approximate surface area is 80.8 Å². The number of rotatable bonds is 3. The summed E-state index contributed by atoms with van der Waals surface area (Å²) in [5, 5.41) is 1.24. The largest absolute Gasteiger partial charge is 0.361 e. The predicted octanol–water partition coefficient (Wildman–Crippen LogP) is 0.661. The Morgan fingerprint density at radius 3 is 3.08 bits per heavy atom. The van der Waals surface area contributed by atoms with Crippen LogP contribution in [0.25, 0.3) is 10.9 Å². The molecule has 2 aromatic rings. The molecule has 0 fully saturated rings. The zero-order valence-electron chi connectivity index (χ0n) is 7.33. The van der Waals surface area contributed by atoms with E-state index in [-0.39, 0.29) is 0 Å². The van der Waals surface area contributed by atoms with E-state index in [1.54, 1.807) is 7.17 Å². The lowest BCUT2D eigenvalue weighted by molar-refractivity contribution is 1.48. The van der Waals surface area contributed by atoms with Crippen LogP contribution < -0.4 is 5.46 Å². The van der Waals surface area contributed by atoms with Gasteiger partial charge in [0.25, 0.3) is 0 Å². The van der Waals surface area contributed by atoms with Crippen LogP contribution in [0.3, 0.4) is 0 Å². The van der Waals surface area contributed by atoms with Crippen molar-refractivity contribution in [2.75, 3.05) is 0 Å². The number of H-pyrrole nitrogens is 1. The summed E-state index contributed by atoms with van der Waals surface area (Å²) < 4.78 is 0. The molecule has 4 heteroatoms. The van der Waals surface area contributed by atoms with Crippen LogP contribution in [0.2, 0.25) is 6.22 Å². The number of aromatic amines is 1. The number of hydrogen-bond acceptors (Lipinski definition) is 0. The van der Waals surface area contributed by atoms with Crippen LogP contribution >= 0.6 is 0 Å². The van der Waals surface area contributed by atoms with E-state index in [0.29, 0.717) is 0 Å². The average molecular weight is 163 g/mol. The Morgan fingerprint density at radius 2 is 2.23 bits per heavy atom. The highest BCUT2D eigenvalue weighted by Gasteiger charge is 1.97. The van der Waals surface area contributed by atoms with Crippen LogP contribution in [-0.2, 0) is 0 Å². The number of fused-ring (bicyclic) bond motifs is 1. The quantitative estimate of drug-likeness (QED) is 0.639. The maximum absolute atomic E-state index is 5.31. The first kappa shape index (κ1) is 8.55. The summed E-state index contributed by atoms with van der Waals surface area (Å²) in [5.41, 5.74) is 2.39. The summed E-state index contributed by atoms with van der Waals surface area (Å²) in [6.45, 7) is 0. The Balaban J connectivity index is 2.26.